The van der Waals surface area contributed by atoms with Crippen molar-refractivity contribution < 1.29 is 32.8 Å². The first-order valence-electron chi connectivity index (χ1n) is 19.2. The van der Waals surface area contributed by atoms with Crippen LogP contribution in [-0.2, 0) is 27.9 Å². The second-order valence-electron chi connectivity index (χ2n) is 12.9. The number of carbonyl (C=O) groups excluding carboxylic acids is 1. The monoisotopic (exact) mass is 676 g/mol. The molecular weight excluding hydrogens is 601 g/mol. The van der Waals surface area contributed by atoms with E-state index in [1.807, 2.05) is 6.08 Å². The fourth-order valence-corrected chi connectivity index (χ4v) is 6.16. The minimum Gasteiger partial charge on any atom is -0.492 e. The summed E-state index contributed by atoms with van der Waals surface area (Å²) in [5.41, 5.74) is 5.35. The van der Waals surface area contributed by atoms with Crippen molar-refractivity contribution in [3.05, 3.63) is 12.3 Å². The van der Waals surface area contributed by atoms with Gasteiger partial charge in [-0.15, -0.1) is 0 Å². The largest absolute Gasteiger partial charge is 0.492 e. The highest BCUT2D eigenvalue weighted by molar-refractivity contribution is 7.47. The van der Waals surface area contributed by atoms with Crippen LogP contribution >= 0.6 is 7.82 Å². The van der Waals surface area contributed by atoms with Gasteiger partial charge in [0, 0.05) is 13.0 Å². The van der Waals surface area contributed by atoms with Crippen LogP contribution in [-0.4, -0.2) is 43.3 Å². The summed E-state index contributed by atoms with van der Waals surface area (Å²) in [5.74, 6) is -0.289. The molecule has 1 unspecified atom stereocenters. The molecule has 0 bridgehead atoms. The zero-order valence-electron chi connectivity index (χ0n) is 30.1. The molecule has 8 nitrogen and oxygen atoms in total. The molecule has 0 aliphatic carbocycles. The van der Waals surface area contributed by atoms with Gasteiger partial charge in [-0.1, -0.05) is 162 Å². The summed E-state index contributed by atoms with van der Waals surface area (Å²) in [4.78, 5) is 22.1. The maximum atomic E-state index is 12.3. The summed E-state index contributed by atoms with van der Waals surface area (Å²) in [6.45, 7) is 4.22. The van der Waals surface area contributed by atoms with Gasteiger partial charge in [-0.3, -0.25) is 13.8 Å². The lowest BCUT2D eigenvalue weighted by Gasteiger charge is -2.19. The van der Waals surface area contributed by atoms with Crippen molar-refractivity contribution in [2.24, 2.45) is 5.73 Å². The summed E-state index contributed by atoms with van der Waals surface area (Å²) in [7, 11) is -4.25. The standard InChI is InChI=1S/C37H74NO7P/c1-3-5-7-9-11-13-15-16-17-18-19-21-23-25-27-29-32-42-36(35-45-46(40,41)44-33-31-38)34-43-37(39)30-28-26-24-22-20-14-12-10-8-6-4-2/h29,32,36H,3-28,30-31,33-35,38H2,1-2H3,(H,40,41)/t36-/m1/s1. The molecule has 0 aromatic heterocycles. The summed E-state index contributed by atoms with van der Waals surface area (Å²) in [5, 5.41) is 0. The molecule has 0 aromatic rings. The van der Waals surface area contributed by atoms with Gasteiger partial charge in [0.2, 0.25) is 0 Å². The van der Waals surface area contributed by atoms with Crippen molar-refractivity contribution in [1.29, 1.82) is 0 Å². The third-order valence-corrected chi connectivity index (χ3v) is 9.29. The first-order valence-corrected chi connectivity index (χ1v) is 20.7. The average Bonchev–Trinajstić information content (AvgIpc) is 3.05. The van der Waals surface area contributed by atoms with Gasteiger partial charge in [0.1, 0.15) is 6.61 Å². The molecule has 0 spiro atoms. The Labute approximate surface area is 283 Å². The lowest BCUT2D eigenvalue weighted by molar-refractivity contribution is -0.147. The van der Waals surface area contributed by atoms with Crippen molar-refractivity contribution in [3.8, 4) is 0 Å². The van der Waals surface area contributed by atoms with Crippen molar-refractivity contribution in [3.63, 3.8) is 0 Å². The van der Waals surface area contributed by atoms with Gasteiger partial charge in [-0.2, -0.15) is 0 Å². The molecule has 0 rings (SSSR count). The molecule has 2 atom stereocenters. The zero-order chi connectivity index (χ0) is 33.8. The van der Waals surface area contributed by atoms with E-state index in [-0.39, 0.29) is 32.3 Å². The number of hydrogen-bond acceptors (Lipinski definition) is 7. The highest BCUT2D eigenvalue weighted by atomic mass is 31.2. The van der Waals surface area contributed by atoms with Crippen LogP contribution in [0, 0.1) is 0 Å². The maximum Gasteiger partial charge on any atom is 0.472 e. The normalized spacial score (nSPS) is 13.7. The number of phosphoric ester groups is 1. The van der Waals surface area contributed by atoms with Gasteiger partial charge in [0.25, 0.3) is 0 Å². The molecule has 0 fully saturated rings. The van der Waals surface area contributed by atoms with Gasteiger partial charge in [0.05, 0.1) is 19.5 Å². The number of rotatable bonds is 37. The van der Waals surface area contributed by atoms with Crippen LogP contribution in [0.1, 0.15) is 187 Å². The van der Waals surface area contributed by atoms with E-state index in [2.05, 4.69) is 13.8 Å². The molecule has 274 valence electrons. The Hall–Kier alpha value is -0.920. The van der Waals surface area contributed by atoms with Crippen molar-refractivity contribution in [1.82, 2.24) is 0 Å². The predicted molar refractivity (Wildman–Crippen MR) is 192 cm³/mol. The third-order valence-electron chi connectivity index (χ3n) is 8.30. The Kier molecular flexibility index (Phi) is 34.7. The predicted octanol–water partition coefficient (Wildman–Crippen LogP) is 11.1. The summed E-state index contributed by atoms with van der Waals surface area (Å²) < 4.78 is 33.1. The Morgan fingerprint density at radius 2 is 1.09 bits per heavy atom. The van der Waals surface area contributed by atoms with E-state index in [0.29, 0.717) is 6.42 Å². The first-order chi connectivity index (χ1) is 22.4. The van der Waals surface area contributed by atoms with Crippen molar-refractivity contribution in [2.75, 3.05) is 26.4 Å². The van der Waals surface area contributed by atoms with Crippen LogP contribution < -0.4 is 5.73 Å². The Morgan fingerprint density at radius 1 is 0.652 bits per heavy atom. The minimum absolute atomic E-state index is 0.0586. The van der Waals surface area contributed by atoms with Crippen LogP contribution in [0.4, 0.5) is 0 Å². The molecule has 0 amide bonds. The van der Waals surface area contributed by atoms with E-state index in [1.165, 1.54) is 135 Å². The Balaban J connectivity index is 4.11. The van der Waals surface area contributed by atoms with Gasteiger partial charge in [-0.25, -0.2) is 4.57 Å². The lowest BCUT2D eigenvalue weighted by atomic mass is 10.0. The first kappa shape index (κ1) is 45.1. The van der Waals surface area contributed by atoms with Crippen molar-refractivity contribution in [2.45, 2.75) is 193 Å². The van der Waals surface area contributed by atoms with Crippen LogP contribution in [0.3, 0.4) is 0 Å². The van der Waals surface area contributed by atoms with Gasteiger partial charge in [0.15, 0.2) is 6.10 Å². The van der Waals surface area contributed by atoms with Gasteiger partial charge in [-0.05, 0) is 25.3 Å². The summed E-state index contributed by atoms with van der Waals surface area (Å²) in [6, 6.07) is 0. The van der Waals surface area contributed by atoms with E-state index < -0.39 is 13.9 Å². The van der Waals surface area contributed by atoms with E-state index in [4.69, 9.17) is 24.3 Å². The number of phosphoric acid groups is 1. The lowest BCUT2D eigenvalue weighted by Crippen LogP contribution is -2.25. The van der Waals surface area contributed by atoms with Gasteiger partial charge >= 0.3 is 13.8 Å². The number of carbonyl (C=O) groups is 1. The molecule has 0 aromatic carbocycles. The smallest absolute Gasteiger partial charge is 0.472 e. The molecule has 0 aliphatic rings. The number of hydrogen-bond donors (Lipinski definition) is 2. The number of unbranched alkanes of at least 4 members (excludes halogenated alkanes) is 24. The number of allylic oxidation sites excluding steroid dienone is 1. The van der Waals surface area contributed by atoms with E-state index in [1.54, 1.807) is 6.26 Å². The van der Waals surface area contributed by atoms with Crippen molar-refractivity contribution >= 4 is 13.8 Å². The second-order valence-corrected chi connectivity index (χ2v) is 14.3. The number of ether oxygens (including phenoxy) is 2. The van der Waals surface area contributed by atoms with E-state index in [9.17, 15) is 14.3 Å². The molecule has 0 aliphatic heterocycles. The van der Waals surface area contributed by atoms with Crippen LogP contribution in [0.15, 0.2) is 12.3 Å². The molecule has 46 heavy (non-hydrogen) atoms. The topological polar surface area (TPSA) is 117 Å². The molecule has 0 saturated carbocycles. The molecule has 9 heteroatoms. The summed E-state index contributed by atoms with van der Waals surface area (Å²) in [6.07, 6.45) is 36.1. The zero-order valence-corrected chi connectivity index (χ0v) is 31.0. The molecule has 0 saturated heterocycles. The molecule has 3 N–H and O–H groups in total. The third kappa shape index (κ3) is 34.4. The molecule has 0 heterocycles. The van der Waals surface area contributed by atoms with Crippen LogP contribution in [0.5, 0.6) is 0 Å². The van der Waals surface area contributed by atoms with Gasteiger partial charge < -0.3 is 20.1 Å². The fraction of sp³-hybridized carbons (Fsp3) is 0.919. The number of nitrogens with two attached hydrogens (primary N) is 1. The van der Waals surface area contributed by atoms with E-state index in [0.717, 1.165) is 32.1 Å². The minimum atomic E-state index is -4.25. The molecule has 0 radical (unpaired) electrons. The maximum absolute atomic E-state index is 12.3. The SMILES string of the molecule is CCCCCCCCCCCCCCCCC=CO[C@H](COC(=O)CCCCCCCCCCCCC)COP(=O)(O)OCCN. The second kappa shape index (κ2) is 35.4. The molecular formula is C37H74NO7P. The highest BCUT2D eigenvalue weighted by Gasteiger charge is 2.24. The Bertz CT molecular complexity index is 722. The van der Waals surface area contributed by atoms with Crippen LogP contribution in [0.25, 0.3) is 0 Å². The highest BCUT2D eigenvalue weighted by Crippen LogP contribution is 2.43. The Morgan fingerprint density at radius 3 is 1.54 bits per heavy atom. The summed E-state index contributed by atoms with van der Waals surface area (Å²) >= 11 is 0. The number of esters is 1. The average molecular weight is 676 g/mol. The van der Waals surface area contributed by atoms with Crippen LogP contribution in [0.2, 0.25) is 0 Å². The van der Waals surface area contributed by atoms with E-state index >= 15 is 0 Å². The fourth-order valence-electron chi connectivity index (χ4n) is 5.39. The quantitative estimate of drug-likeness (QED) is 0.0289.